The van der Waals surface area contributed by atoms with Crippen molar-refractivity contribution in [2.45, 2.75) is 25.7 Å². The molecule has 0 spiro atoms. The van der Waals surface area contributed by atoms with Crippen LogP contribution in [-0.4, -0.2) is 16.9 Å². The van der Waals surface area contributed by atoms with Gasteiger partial charge in [0.25, 0.3) is 0 Å². The van der Waals surface area contributed by atoms with Gasteiger partial charge in [-0.15, -0.1) is 0 Å². The van der Waals surface area contributed by atoms with Crippen LogP contribution in [0.2, 0.25) is 0 Å². The van der Waals surface area contributed by atoms with Crippen molar-refractivity contribution in [2.24, 2.45) is 5.92 Å². The van der Waals surface area contributed by atoms with Gasteiger partial charge in [0.15, 0.2) is 5.78 Å². The first-order chi connectivity index (χ1) is 14.6. The maximum atomic E-state index is 13.2. The highest BCUT2D eigenvalue weighted by Crippen LogP contribution is 2.38. The number of Topliss-reactive ketones (excluding diaryl/α,β-unsaturated/α-hetero) is 1. The molecule has 0 aromatic heterocycles. The Labute approximate surface area is 174 Å². The van der Waals surface area contributed by atoms with E-state index in [0.717, 1.165) is 11.1 Å². The largest absolute Gasteiger partial charge is 0.488 e. The van der Waals surface area contributed by atoms with Crippen LogP contribution in [0.3, 0.4) is 0 Å². The molecule has 0 amide bonds. The minimum Gasteiger partial charge on any atom is -0.488 e. The molecule has 2 unspecified atom stereocenters. The predicted molar refractivity (Wildman–Crippen MR) is 111 cm³/mol. The number of carbonyl (C=O) groups is 2. The van der Waals surface area contributed by atoms with Crippen LogP contribution in [0.1, 0.15) is 39.6 Å². The minimum atomic E-state index is -1.06. The summed E-state index contributed by atoms with van der Waals surface area (Å²) in [5.74, 6) is -1.71. The van der Waals surface area contributed by atoms with E-state index >= 15 is 0 Å². The summed E-state index contributed by atoms with van der Waals surface area (Å²) in [4.78, 5) is 25.8. The average Bonchev–Trinajstić information content (AvgIpc) is 2.79. The Kier molecular flexibility index (Phi) is 5.91. The molecule has 2 atom stereocenters. The Balaban J connectivity index is 1.52. The smallest absolute Gasteiger partial charge is 0.317 e. The van der Waals surface area contributed by atoms with Crippen molar-refractivity contribution < 1.29 is 24.2 Å². The van der Waals surface area contributed by atoms with Crippen molar-refractivity contribution >= 4 is 11.8 Å². The van der Waals surface area contributed by atoms with Crippen molar-refractivity contribution in [3.8, 4) is 5.75 Å². The molecule has 0 saturated carbocycles. The first kappa shape index (κ1) is 19.9. The first-order valence-corrected chi connectivity index (χ1v) is 9.86. The van der Waals surface area contributed by atoms with Gasteiger partial charge in [0.1, 0.15) is 24.9 Å². The molecule has 3 aromatic rings. The van der Waals surface area contributed by atoms with E-state index in [2.05, 4.69) is 0 Å². The zero-order valence-corrected chi connectivity index (χ0v) is 16.4. The molecule has 1 N–H and O–H groups in total. The molecule has 3 aromatic carbocycles. The summed E-state index contributed by atoms with van der Waals surface area (Å²) in [7, 11) is 0. The quantitative estimate of drug-likeness (QED) is 0.493. The second-order valence-electron chi connectivity index (χ2n) is 7.26. The lowest BCUT2D eigenvalue weighted by molar-refractivity contribution is -0.149. The van der Waals surface area contributed by atoms with Gasteiger partial charge >= 0.3 is 5.97 Å². The second kappa shape index (κ2) is 8.93. The number of hydrogen-bond donors (Lipinski definition) is 1. The lowest BCUT2D eigenvalue weighted by Gasteiger charge is -2.27. The van der Waals surface area contributed by atoms with Gasteiger partial charge < -0.3 is 14.6 Å². The molecule has 30 heavy (non-hydrogen) atoms. The normalized spacial score (nSPS) is 17.8. The van der Waals surface area contributed by atoms with Gasteiger partial charge in [0, 0.05) is 0 Å². The van der Waals surface area contributed by atoms with Crippen molar-refractivity contribution in [3.63, 3.8) is 0 Å². The van der Waals surface area contributed by atoms with Crippen LogP contribution in [0.5, 0.6) is 5.75 Å². The third-order valence-electron chi connectivity index (χ3n) is 5.18. The lowest BCUT2D eigenvalue weighted by atomic mass is 9.80. The Morgan fingerprint density at radius 2 is 1.50 bits per heavy atom. The van der Waals surface area contributed by atoms with E-state index in [0.29, 0.717) is 11.3 Å². The fourth-order valence-electron chi connectivity index (χ4n) is 3.61. The molecule has 0 bridgehead atoms. The molecular weight excluding hydrogens is 380 g/mol. The molecule has 1 aliphatic carbocycles. The molecule has 1 aliphatic rings. The van der Waals surface area contributed by atoms with Gasteiger partial charge in [-0.3, -0.25) is 9.59 Å². The average molecular weight is 402 g/mol. The van der Waals surface area contributed by atoms with Crippen LogP contribution in [-0.2, 0) is 22.7 Å². The van der Waals surface area contributed by atoms with Crippen LogP contribution < -0.4 is 4.74 Å². The highest BCUT2D eigenvalue weighted by molar-refractivity contribution is 6.12. The van der Waals surface area contributed by atoms with Crippen LogP contribution in [0.15, 0.2) is 78.9 Å². The summed E-state index contributed by atoms with van der Waals surface area (Å²) in [6, 6.07) is 24.0. The van der Waals surface area contributed by atoms with E-state index in [-0.39, 0.29) is 31.0 Å². The van der Waals surface area contributed by atoms with Gasteiger partial charge in [-0.2, -0.15) is 0 Å². The lowest BCUT2D eigenvalue weighted by Crippen LogP contribution is -2.33. The Morgan fingerprint density at radius 1 is 0.867 bits per heavy atom. The van der Waals surface area contributed by atoms with Crippen molar-refractivity contribution in [1.82, 2.24) is 0 Å². The molecule has 152 valence electrons. The van der Waals surface area contributed by atoms with Crippen molar-refractivity contribution in [2.75, 3.05) is 0 Å². The molecule has 0 heterocycles. The highest BCUT2D eigenvalue weighted by atomic mass is 16.5. The third-order valence-corrected chi connectivity index (χ3v) is 5.18. The Bertz CT molecular complexity index is 1030. The summed E-state index contributed by atoms with van der Waals surface area (Å²) in [5.41, 5.74) is 2.53. The Morgan fingerprint density at radius 3 is 2.17 bits per heavy atom. The molecule has 0 aliphatic heterocycles. The number of ether oxygens (including phenoxy) is 2. The van der Waals surface area contributed by atoms with Crippen LogP contribution in [0.25, 0.3) is 0 Å². The monoisotopic (exact) mass is 402 g/mol. The molecule has 0 fully saturated rings. The van der Waals surface area contributed by atoms with E-state index in [4.69, 9.17) is 9.47 Å². The second-order valence-corrected chi connectivity index (χ2v) is 7.26. The van der Waals surface area contributed by atoms with E-state index in [1.807, 2.05) is 60.7 Å². The van der Waals surface area contributed by atoms with E-state index in [9.17, 15) is 14.7 Å². The summed E-state index contributed by atoms with van der Waals surface area (Å²) >= 11 is 0. The maximum Gasteiger partial charge on any atom is 0.317 e. The number of ketones is 1. The molecule has 4 rings (SSSR count). The Hall–Kier alpha value is -3.44. The van der Waals surface area contributed by atoms with Gasteiger partial charge in [-0.1, -0.05) is 72.8 Å². The molecule has 5 heteroatoms. The number of carbonyl (C=O) groups excluding carboxylic acids is 2. The van der Waals surface area contributed by atoms with E-state index < -0.39 is 18.0 Å². The van der Waals surface area contributed by atoms with Gasteiger partial charge in [0.05, 0.1) is 11.7 Å². The van der Waals surface area contributed by atoms with E-state index in [1.54, 1.807) is 18.2 Å². The topological polar surface area (TPSA) is 72.8 Å². The summed E-state index contributed by atoms with van der Waals surface area (Å²) in [5, 5.41) is 10.6. The van der Waals surface area contributed by atoms with Crippen molar-refractivity contribution in [3.05, 3.63) is 101 Å². The maximum absolute atomic E-state index is 13.2. The first-order valence-electron chi connectivity index (χ1n) is 9.86. The third kappa shape index (κ3) is 4.26. The number of benzene rings is 3. The fraction of sp³-hybridized carbons (Fsp3) is 0.200. The van der Waals surface area contributed by atoms with Gasteiger partial charge in [-0.05, 0) is 29.2 Å². The fourth-order valence-corrected chi connectivity index (χ4v) is 3.61. The summed E-state index contributed by atoms with van der Waals surface area (Å²) in [6.07, 6.45) is -0.936. The number of aliphatic hydroxyl groups excluding tert-OH is 1. The molecule has 5 nitrogen and oxygen atoms in total. The highest BCUT2D eigenvalue weighted by Gasteiger charge is 2.40. The van der Waals surface area contributed by atoms with Gasteiger partial charge in [-0.25, -0.2) is 0 Å². The number of fused-ring (bicyclic) bond motifs is 1. The number of esters is 1. The minimum absolute atomic E-state index is 0.00158. The summed E-state index contributed by atoms with van der Waals surface area (Å²) < 4.78 is 11.2. The number of hydrogen-bond acceptors (Lipinski definition) is 5. The SMILES string of the molecule is O=C(OCc1ccccc1)C1CC(O)c2cccc(OCc3ccccc3)c2C1=O. The zero-order chi connectivity index (χ0) is 20.9. The number of rotatable bonds is 6. The standard InChI is InChI=1S/C25H22O5/c26-21-14-20(25(28)30-16-18-10-5-2-6-11-18)24(27)23-19(21)12-7-13-22(23)29-15-17-8-3-1-4-9-17/h1-13,20-21,26H,14-16H2. The zero-order valence-electron chi connectivity index (χ0n) is 16.4. The molecular formula is C25H22O5. The predicted octanol–water partition coefficient (Wildman–Crippen LogP) is 4.25. The van der Waals surface area contributed by atoms with Crippen molar-refractivity contribution in [1.29, 1.82) is 0 Å². The van der Waals surface area contributed by atoms with Crippen LogP contribution in [0.4, 0.5) is 0 Å². The summed E-state index contributed by atoms with van der Waals surface area (Å²) in [6.45, 7) is 0.363. The van der Waals surface area contributed by atoms with Crippen LogP contribution in [0, 0.1) is 5.92 Å². The van der Waals surface area contributed by atoms with Gasteiger partial charge in [0.2, 0.25) is 0 Å². The number of aliphatic hydroxyl groups is 1. The van der Waals surface area contributed by atoms with E-state index in [1.165, 1.54) is 0 Å². The van der Waals surface area contributed by atoms with Crippen LogP contribution >= 0.6 is 0 Å². The molecule has 0 saturated heterocycles. The molecule has 0 radical (unpaired) electrons.